The van der Waals surface area contributed by atoms with Gasteiger partial charge in [0.15, 0.2) is 11.5 Å². The highest BCUT2D eigenvalue weighted by Gasteiger charge is 2.20. The lowest BCUT2D eigenvalue weighted by atomic mass is 10.1. The number of benzene rings is 1. The lowest BCUT2D eigenvalue weighted by molar-refractivity contribution is 0.348. The molecule has 1 heterocycles. The molecule has 1 atom stereocenters. The maximum absolute atomic E-state index is 5.50. The number of rotatable bonds is 6. The average molecular weight is 371 g/mol. The van der Waals surface area contributed by atoms with Crippen molar-refractivity contribution in [2.24, 2.45) is 0 Å². The van der Waals surface area contributed by atoms with Gasteiger partial charge in [0.25, 0.3) is 0 Å². The van der Waals surface area contributed by atoms with Crippen molar-refractivity contribution in [3.8, 4) is 17.2 Å². The van der Waals surface area contributed by atoms with E-state index in [1.807, 2.05) is 12.1 Å². The van der Waals surface area contributed by atoms with Gasteiger partial charge in [0, 0.05) is 21.4 Å². The van der Waals surface area contributed by atoms with E-state index in [0.29, 0.717) is 11.5 Å². The second-order valence-electron chi connectivity index (χ2n) is 4.47. The van der Waals surface area contributed by atoms with Gasteiger partial charge in [-0.1, -0.05) is 22.9 Å². The molecule has 0 fully saturated rings. The first kappa shape index (κ1) is 16.2. The number of methoxy groups -OCH3 is 3. The Hall–Kier alpha value is -1.20. The van der Waals surface area contributed by atoms with Crippen molar-refractivity contribution in [2.45, 2.75) is 18.2 Å². The highest BCUT2D eigenvalue weighted by molar-refractivity contribution is 9.09. The van der Waals surface area contributed by atoms with Gasteiger partial charge < -0.3 is 14.2 Å². The summed E-state index contributed by atoms with van der Waals surface area (Å²) in [5, 5.41) is 0. The molecular weight excluding hydrogens is 352 g/mol. The lowest BCUT2D eigenvalue weighted by Crippen LogP contribution is -1.99. The smallest absolute Gasteiger partial charge is 0.164 e. The Morgan fingerprint density at radius 2 is 1.62 bits per heavy atom. The third-order valence-corrected chi connectivity index (χ3v) is 5.87. The van der Waals surface area contributed by atoms with Crippen LogP contribution in [0.2, 0.25) is 0 Å². The second-order valence-corrected chi connectivity index (χ2v) is 6.58. The zero-order valence-corrected chi connectivity index (χ0v) is 15.0. The highest BCUT2D eigenvalue weighted by atomic mass is 79.9. The Morgan fingerprint density at radius 3 is 2.14 bits per heavy atom. The number of ether oxygens (including phenoxy) is 3. The number of alkyl halides is 1. The maximum atomic E-state index is 5.50. The predicted octanol–water partition coefficient (Wildman–Crippen LogP) is 4.82. The van der Waals surface area contributed by atoms with Crippen LogP contribution in [0.5, 0.6) is 17.2 Å². The molecular formula is C16H19BrO3S. The van der Waals surface area contributed by atoms with Crippen molar-refractivity contribution >= 4 is 27.3 Å². The normalized spacial score (nSPS) is 12.0. The molecule has 0 saturated heterocycles. The number of halogens is 1. The molecule has 1 aromatic heterocycles. The average Bonchev–Trinajstić information content (AvgIpc) is 3.01. The third-order valence-electron chi connectivity index (χ3n) is 3.29. The van der Waals surface area contributed by atoms with Gasteiger partial charge in [0.2, 0.25) is 0 Å². The molecule has 3 nitrogen and oxygen atoms in total. The van der Waals surface area contributed by atoms with E-state index in [1.54, 1.807) is 32.7 Å². The summed E-state index contributed by atoms with van der Waals surface area (Å²) in [4.78, 5) is 2.68. The fourth-order valence-corrected chi connectivity index (χ4v) is 3.87. The van der Waals surface area contributed by atoms with Crippen molar-refractivity contribution in [1.29, 1.82) is 0 Å². The van der Waals surface area contributed by atoms with Crippen LogP contribution in [0.15, 0.2) is 24.3 Å². The van der Waals surface area contributed by atoms with Crippen LogP contribution in [0.4, 0.5) is 0 Å². The molecule has 0 aliphatic rings. The fourth-order valence-electron chi connectivity index (χ4n) is 2.12. The summed E-state index contributed by atoms with van der Waals surface area (Å²) in [5.41, 5.74) is 1.03. The quantitative estimate of drug-likeness (QED) is 0.682. The minimum atomic E-state index is 0.0672. The topological polar surface area (TPSA) is 27.7 Å². The molecule has 0 N–H and O–H groups in total. The largest absolute Gasteiger partial charge is 0.496 e. The summed E-state index contributed by atoms with van der Waals surface area (Å²) < 4.78 is 16.2. The molecule has 21 heavy (non-hydrogen) atoms. The maximum Gasteiger partial charge on any atom is 0.164 e. The van der Waals surface area contributed by atoms with Gasteiger partial charge in [0.05, 0.1) is 26.2 Å². The van der Waals surface area contributed by atoms with Gasteiger partial charge in [-0.3, -0.25) is 0 Å². The molecule has 1 aromatic carbocycles. The minimum Gasteiger partial charge on any atom is -0.496 e. The van der Waals surface area contributed by atoms with Crippen LogP contribution >= 0.6 is 27.3 Å². The Balaban J connectivity index is 2.45. The molecule has 0 amide bonds. The molecule has 0 aliphatic carbocycles. The van der Waals surface area contributed by atoms with Crippen LogP contribution < -0.4 is 14.2 Å². The van der Waals surface area contributed by atoms with Gasteiger partial charge in [-0.15, -0.1) is 11.3 Å². The lowest BCUT2D eigenvalue weighted by Gasteiger charge is -2.17. The van der Waals surface area contributed by atoms with Gasteiger partial charge in [-0.05, 0) is 24.6 Å². The Kier molecular flexibility index (Phi) is 5.53. The van der Waals surface area contributed by atoms with Crippen LogP contribution in [0.1, 0.15) is 27.1 Å². The van der Waals surface area contributed by atoms with Crippen molar-refractivity contribution in [1.82, 2.24) is 0 Å². The number of thiophene rings is 1. The summed E-state index contributed by atoms with van der Waals surface area (Å²) >= 11 is 5.58. The Labute approximate surface area is 138 Å². The summed E-state index contributed by atoms with van der Waals surface area (Å²) in [6.07, 6.45) is 1.05. The predicted molar refractivity (Wildman–Crippen MR) is 90.6 cm³/mol. The summed E-state index contributed by atoms with van der Waals surface area (Å²) in [5.74, 6) is 2.14. The first-order valence-corrected chi connectivity index (χ1v) is 8.40. The minimum absolute atomic E-state index is 0.0672. The highest BCUT2D eigenvalue weighted by Crippen LogP contribution is 2.44. The van der Waals surface area contributed by atoms with Crippen LogP contribution in [0, 0.1) is 0 Å². The molecule has 2 rings (SSSR count). The fraction of sp³-hybridized carbons (Fsp3) is 0.375. The van der Waals surface area contributed by atoms with E-state index in [1.165, 1.54) is 9.75 Å². The van der Waals surface area contributed by atoms with Gasteiger partial charge in [-0.2, -0.15) is 0 Å². The molecule has 114 valence electrons. The molecule has 1 unspecified atom stereocenters. The second kappa shape index (κ2) is 7.18. The molecule has 0 bridgehead atoms. The zero-order valence-electron chi connectivity index (χ0n) is 12.6. The van der Waals surface area contributed by atoms with Crippen LogP contribution in [-0.2, 0) is 6.42 Å². The molecule has 0 radical (unpaired) electrons. The SMILES string of the molecule is CCc1ccc(C(Br)c2cc(OC)c(OC)cc2OC)s1. The first-order valence-electron chi connectivity index (χ1n) is 6.67. The van der Waals surface area contributed by atoms with Crippen molar-refractivity contribution in [2.75, 3.05) is 21.3 Å². The van der Waals surface area contributed by atoms with E-state index >= 15 is 0 Å². The van der Waals surface area contributed by atoms with E-state index in [9.17, 15) is 0 Å². The van der Waals surface area contributed by atoms with Crippen LogP contribution in [0.25, 0.3) is 0 Å². The van der Waals surface area contributed by atoms with E-state index in [0.717, 1.165) is 17.7 Å². The molecule has 0 saturated carbocycles. The summed E-state index contributed by atoms with van der Waals surface area (Å²) in [6.45, 7) is 2.16. The van der Waals surface area contributed by atoms with Crippen molar-refractivity contribution in [3.05, 3.63) is 39.6 Å². The molecule has 0 aliphatic heterocycles. The number of aryl methyl sites for hydroxylation is 1. The van der Waals surface area contributed by atoms with E-state index in [4.69, 9.17) is 14.2 Å². The number of hydrogen-bond acceptors (Lipinski definition) is 4. The van der Waals surface area contributed by atoms with Gasteiger partial charge in [0.1, 0.15) is 5.75 Å². The van der Waals surface area contributed by atoms with Crippen LogP contribution in [-0.4, -0.2) is 21.3 Å². The van der Waals surface area contributed by atoms with E-state index < -0.39 is 0 Å². The monoisotopic (exact) mass is 370 g/mol. The summed E-state index contributed by atoms with van der Waals surface area (Å²) in [6, 6.07) is 8.14. The first-order chi connectivity index (χ1) is 10.1. The Bertz CT molecular complexity index is 610. The van der Waals surface area contributed by atoms with Crippen molar-refractivity contribution in [3.63, 3.8) is 0 Å². The van der Waals surface area contributed by atoms with Crippen molar-refractivity contribution < 1.29 is 14.2 Å². The number of hydrogen-bond donors (Lipinski definition) is 0. The van der Waals surface area contributed by atoms with E-state index in [-0.39, 0.29) is 4.83 Å². The zero-order chi connectivity index (χ0) is 15.4. The van der Waals surface area contributed by atoms with E-state index in [2.05, 4.69) is 35.0 Å². The molecule has 5 heteroatoms. The standard InChI is InChI=1S/C16H19BrO3S/c1-5-10-6-7-15(21-10)16(17)11-8-13(19-3)14(20-4)9-12(11)18-2/h6-9,16H,5H2,1-4H3. The third kappa shape index (κ3) is 3.35. The van der Waals surface area contributed by atoms with Gasteiger partial charge >= 0.3 is 0 Å². The molecule has 2 aromatic rings. The summed E-state index contributed by atoms with van der Waals surface area (Å²) in [7, 11) is 4.92. The van der Waals surface area contributed by atoms with Gasteiger partial charge in [-0.25, -0.2) is 0 Å². The molecule has 0 spiro atoms. The van der Waals surface area contributed by atoms with Crippen LogP contribution in [0.3, 0.4) is 0 Å². The Morgan fingerprint density at radius 1 is 1.00 bits per heavy atom.